The van der Waals surface area contributed by atoms with Gasteiger partial charge in [0.05, 0.1) is 22.3 Å². The maximum Gasteiger partial charge on any atom is 0.108 e. The first-order valence-electron chi connectivity index (χ1n) is 8.21. The molecule has 0 aliphatic rings. The van der Waals surface area contributed by atoms with Crippen molar-refractivity contribution in [3.63, 3.8) is 0 Å². The Hall–Kier alpha value is -2.33. The van der Waals surface area contributed by atoms with Gasteiger partial charge in [-0.3, -0.25) is 10.4 Å². The normalized spacial score (nSPS) is 11.7. The fourth-order valence-corrected chi connectivity index (χ4v) is 3.26. The smallest absolute Gasteiger partial charge is 0.108 e. The lowest BCUT2D eigenvalue weighted by Gasteiger charge is -2.08. The number of hydrazone groups is 1. The van der Waals surface area contributed by atoms with Gasteiger partial charge in [-0.15, -0.1) is 0 Å². The van der Waals surface area contributed by atoms with E-state index in [-0.39, 0.29) is 0 Å². The van der Waals surface area contributed by atoms with Crippen molar-refractivity contribution in [1.82, 2.24) is 0 Å². The van der Waals surface area contributed by atoms with Crippen LogP contribution < -0.4 is 5.43 Å². The van der Waals surface area contributed by atoms with Gasteiger partial charge in [0.15, 0.2) is 0 Å². The van der Waals surface area contributed by atoms with Crippen molar-refractivity contribution in [1.29, 1.82) is 0 Å². The molecule has 0 fully saturated rings. The molecule has 0 aliphatic carbocycles. The summed E-state index contributed by atoms with van der Waals surface area (Å²) in [7, 11) is 0. The second-order valence-electron chi connectivity index (χ2n) is 5.67. The van der Waals surface area contributed by atoms with Gasteiger partial charge in [-0.1, -0.05) is 95.5 Å². The molecule has 3 aromatic rings. The summed E-state index contributed by atoms with van der Waals surface area (Å²) in [5, 5.41) is 5.70. The second-order valence-corrected chi connectivity index (χ2v) is 6.93. The highest BCUT2D eigenvalue weighted by Crippen LogP contribution is 2.33. The van der Waals surface area contributed by atoms with Gasteiger partial charge < -0.3 is 0 Å². The van der Waals surface area contributed by atoms with E-state index in [4.69, 9.17) is 34.8 Å². The molecule has 3 nitrogen and oxygen atoms in total. The summed E-state index contributed by atoms with van der Waals surface area (Å²) >= 11 is 18.4. The molecule has 6 heteroatoms. The number of nitrogens with one attached hydrogen (secondary N) is 1. The minimum atomic E-state index is 0.393. The molecular formula is C21H16Cl3N3. The maximum atomic E-state index is 6.21. The molecule has 0 radical (unpaired) electrons. The lowest BCUT2D eigenvalue weighted by atomic mass is 10.1. The summed E-state index contributed by atoms with van der Waals surface area (Å²) in [6, 6.07) is 23.0. The molecule has 0 unspecified atom stereocenters. The van der Waals surface area contributed by atoms with Crippen LogP contribution in [0.2, 0.25) is 15.1 Å². The van der Waals surface area contributed by atoms with E-state index in [0.29, 0.717) is 33.0 Å². The molecule has 0 atom stereocenters. The molecule has 0 saturated carbocycles. The summed E-state index contributed by atoms with van der Waals surface area (Å²) < 4.78 is 0. The molecule has 27 heavy (non-hydrogen) atoms. The minimum Gasteiger partial charge on any atom is -0.286 e. The van der Waals surface area contributed by atoms with Crippen molar-refractivity contribution in [3.8, 4) is 0 Å². The summed E-state index contributed by atoms with van der Waals surface area (Å²) in [5.41, 5.74) is 6.13. The van der Waals surface area contributed by atoms with E-state index in [0.717, 1.165) is 11.1 Å². The van der Waals surface area contributed by atoms with Gasteiger partial charge in [0.2, 0.25) is 0 Å². The third kappa shape index (κ3) is 5.57. The van der Waals surface area contributed by atoms with E-state index in [1.165, 1.54) is 0 Å². The molecule has 0 spiro atoms. The van der Waals surface area contributed by atoms with Crippen molar-refractivity contribution in [2.75, 3.05) is 5.43 Å². The van der Waals surface area contributed by atoms with Crippen LogP contribution in [0.1, 0.15) is 11.1 Å². The summed E-state index contributed by atoms with van der Waals surface area (Å²) in [6.45, 7) is 0.565. The van der Waals surface area contributed by atoms with Crippen LogP contribution in [-0.2, 0) is 6.54 Å². The third-order valence-electron chi connectivity index (χ3n) is 3.69. The Kier molecular flexibility index (Phi) is 6.88. The van der Waals surface area contributed by atoms with Crippen molar-refractivity contribution in [3.05, 3.63) is 99.0 Å². The summed E-state index contributed by atoms with van der Waals surface area (Å²) in [4.78, 5) is 4.51. The molecule has 0 aliphatic heterocycles. The monoisotopic (exact) mass is 415 g/mol. The lowest BCUT2D eigenvalue weighted by molar-refractivity contribution is 1.08. The largest absolute Gasteiger partial charge is 0.286 e. The molecule has 136 valence electrons. The standard InChI is InChI=1S/C21H16Cl3N3/c22-17-11-18(23)21(19(24)12-17)27-26-20(16-9-5-2-6-10-16)14-25-13-15-7-3-1-4-8-15/h1-12,14,27H,13H2/b25-14?,26-20+. The first-order chi connectivity index (χ1) is 13.1. The molecule has 0 bridgehead atoms. The summed E-state index contributed by atoms with van der Waals surface area (Å²) in [5.74, 6) is 0. The van der Waals surface area contributed by atoms with Crippen molar-refractivity contribution >= 4 is 52.4 Å². The fourth-order valence-electron chi connectivity index (χ4n) is 2.36. The number of benzene rings is 3. The summed E-state index contributed by atoms with van der Waals surface area (Å²) in [6.07, 6.45) is 1.73. The van der Waals surface area contributed by atoms with E-state index >= 15 is 0 Å². The molecule has 3 rings (SSSR count). The SMILES string of the molecule is Clc1cc(Cl)c(N/N=C(\C=NCc2ccccc2)c2ccccc2)c(Cl)c1. The average Bonchev–Trinajstić information content (AvgIpc) is 2.67. The highest BCUT2D eigenvalue weighted by Gasteiger charge is 2.08. The highest BCUT2D eigenvalue weighted by molar-refractivity contribution is 6.42. The Morgan fingerprint density at radius 2 is 1.44 bits per heavy atom. The van der Waals surface area contributed by atoms with Crippen LogP contribution in [0.4, 0.5) is 5.69 Å². The Morgan fingerprint density at radius 3 is 2.07 bits per heavy atom. The van der Waals surface area contributed by atoms with E-state index in [9.17, 15) is 0 Å². The van der Waals surface area contributed by atoms with Crippen molar-refractivity contribution in [2.45, 2.75) is 6.54 Å². The molecule has 0 amide bonds. The predicted molar refractivity (Wildman–Crippen MR) is 117 cm³/mol. The van der Waals surface area contributed by atoms with Crippen LogP contribution in [0, 0.1) is 0 Å². The number of aliphatic imine (C=N–C) groups is 1. The lowest BCUT2D eigenvalue weighted by Crippen LogP contribution is -2.07. The highest BCUT2D eigenvalue weighted by atomic mass is 35.5. The number of hydrogen-bond acceptors (Lipinski definition) is 3. The average molecular weight is 417 g/mol. The van der Waals surface area contributed by atoms with Crippen LogP contribution in [0.5, 0.6) is 0 Å². The van der Waals surface area contributed by atoms with Gasteiger partial charge in [0.25, 0.3) is 0 Å². The second kappa shape index (κ2) is 9.56. The van der Waals surface area contributed by atoms with E-state index in [1.807, 2.05) is 60.7 Å². The minimum absolute atomic E-state index is 0.393. The van der Waals surface area contributed by atoms with Gasteiger partial charge in [-0.25, -0.2) is 0 Å². The van der Waals surface area contributed by atoms with Gasteiger partial charge in [0, 0.05) is 16.8 Å². The molecule has 0 heterocycles. The zero-order valence-corrected chi connectivity index (χ0v) is 16.5. The van der Waals surface area contributed by atoms with Crippen molar-refractivity contribution in [2.24, 2.45) is 10.1 Å². The van der Waals surface area contributed by atoms with Crippen LogP contribution in [0.15, 0.2) is 82.9 Å². The van der Waals surface area contributed by atoms with Gasteiger partial charge in [0.1, 0.15) is 5.71 Å². The molecular weight excluding hydrogens is 401 g/mol. The molecule has 0 saturated heterocycles. The maximum absolute atomic E-state index is 6.21. The Labute approximate surface area is 173 Å². The van der Waals surface area contributed by atoms with E-state index in [1.54, 1.807) is 18.3 Å². The number of anilines is 1. The first-order valence-corrected chi connectivity index (χ1v) is 9.34. The van der Waals surface area contributed by atoms with Crippen LogP contribution >= 0.6 is 34.8 Å². The quantitative estimate of drug-likeness (QED) is 0.351. The van der Waals surface area contributed by atoms with Gasteiger partial charge in [-0.2, -0.15) is 5.10 Å². The molecule has 1 N–H and O–H groups in total. The topological polar surface area (TPSA) is 36.8 Å². The van der Waals surface area contributed by atoms with E-state index in [2.05, 4.69) is 15.5 Å². The molecule has 0 aromatic heterocycles. The first kappa shape index (κ1) is 19.4. The number of nitrogens with zero attached hydrogens (tertiary/aromatic N) is 2. The van der Waals surface area contributed by atoms with Crippen LogP contribution in [-0.4, -0.2) is 11.9 Å². The van der Waals surface area contributed by atoms with Crippen LogP contribution in [0.3, 0.4) is 0 Å². The Bertz CT molecular complexity index is 932. The third-order valence-corrected chi connectivity index (χ3v) is 4.51. The van der Waals surface area contributed by atoms with Crippen LogP contribution in [0.25, 0.3) is 0 Å². The number of hydrogen-bond donors (Lipinski definition) is 1. The molecule has 3 aromatic carbocycles. The zero-order chi connectivity index (χ0) is 19.1. The van der Waals surface area contributed by atoms with Gasteiger partial charge in [-0.05, 0) is 17.7 Å². The number of rotatable bonds is 6. The number of halogens is 3. The zero-order valence-electron chi connectivity index (χ0n) is 14.2. The Balaban J connectivity index is 1.85. The van der Waals surface area contributed by atoms with Crippen molar-refractivity contribution < 1.29 is 0 Å². The Morgan fingerprint density at radius 1 is 0.852 bits per heavy atom. The fraction of sp³-hybridized carbons (Fsp3) is 0.0476. The van der Waals surface area contributed by atoms with Gasteiger partial charge >= 0.3 is 0 Å². The van der Waals surface area contributed by atoms with E-state index < -0.39 is 0 Å². The predicted octanol–water partition coefficient (Wildman–Crippen LogP) is 6.73.